The smallest absolute Gasteiger partial charge is 0.338 e. The highest BCUT2D eigenvalue weighted by molar-refractivity contribution is 5.96. The van der Waals surface area contributed by atoms with Gasteiger partial charge in [0.25, 0.3) is 5.91 Å². The number of hydrogen-bond acceptors (Lipinski definition) is 6. The van der Waals surface area contributed by atoms with Gasteiger partial charge in [0.05, 0.1) is 22.6 Å². The minimum atomic E-state index is -0.605. The van der Waals surface area contributed by atoms with Gasteiger partial charge in [-0.2, -0.15) is 5.10 Å². The number of benzene rings is 1. The largest absolute Gasteiger partial charge is 0.486 e. The Morgan fingerprint density at radius 2 is 1.96 bits per heavy atom. The van der Waals surface area contributed by atoms with Crippen molar-refractivity contribution in [3.8, 4) is 11.5 Å². The van der Waals surface area contributed by atoms with Gasteiger partial charge in [0.15, 0.2) is 18.1 Å². The summed E-state index contributed by atoms with van der Waals surface area (Å²) >= 11 is 0. The number of esters is 1. The predicted molar refractivity (Wildman–Crippen MR) is 89.0 cm³/mol. The van der Waals surface area contributed by atoms with E-state index in [1.165, 1.54) is 0 Å². The van der Waals surface area contributed by atoms with Crippen LogP contribution in [0.25, 0.3) is 0 Å². The topological polar surface area (TPSA) is 91.7 Å². The van der Waals surface area contributed by atoms with E-state index in [-0.39, 0.29) is 6.61 Å². The summed E-state index contributed by atoms with van der Waals surface area (Å²) in [7, 11) is 1.79. The third-order valence-electron chi connectivity index (χ3n) is 3.89. The molecule has 0 unspecified atom stereocenters. The molecule has 0 atom stereocenters. The first-order valence-corrected chi connectivity index (χ1v) is 7.82. The molecule has 2 heterocycles. The van der Waals surface area contributed by atoms with Crippen molar-refractivity contribution in [3.63, 3.8) is 0 Å². The molecule has 0 saturated carbocycles. The van der Waals surface area contributed by atoms with Crippen LogP contribution in [0.15, 0.2) is 18.2 Å². The summed E-state index contributed by atoms with van der Waals surface area (Å²) in [4.78, 5) is 24.1. The van der Waals surface area contributed by atoms with Crippen LogP contribution in [-0.2, 0) is 16.6 Å². The first kappa shape index (κ1) is 16.8. The first-order valence-electron chi connectivity index (χ1n) is 7.82. The SMILES string of the molecule is Cc1nn(C)c(C)c1NC(=O)COC(=O)c1ccc2c(c1)OCCO2. The summed E-state index contributed by atoms with van der Waals surface area (Å²) in [6.07, 6.45) is 0. The van der Waals surface area contributed by atoms with Crippen molar-refractivity contribution in [1.82, 2.24) is 9.78 Å². The number of ether oxygens (including phenoxy) is 3. The highest BCUT2D eigenvalue weighted by Crippen LogP contribution is 2.30. The van der Waals surface area contributed by atoms with Gasteiger partial charge in [-0.25, -0.2) is 4.79 Å². The van der Waals surface area contributed by atoms with Gasteiger partial charge in [-0.1, -0.05) is 0 Å². The molecule has 2 aromatic rings. The number of fused-ring (bicyclic) bond motifs is 1. The lowest BCUT2D eigenvalue weighted by atomic mass is 10.2. The van der Waals surface area contributed by atoms with E-state index in [9.17, 15) is 9.59 Å². The van der Waals surface area contributed by atoms with Gasteiger partial charge < -0.3 is 19.5 Å². The van der Waals surface area contributed by atoms with E-state index in [1.807, 2.05) is 6.92 Å². The average Bonchev–Trinajstić information content (AvgIpc) is 2.85. The van der Waals surface area contributed by atoms with Crippen LogP contribution in [0.2, 0.25) is 0 Å². The lowest BCUT2D eigenvalue weighted by Gasteiger charge is -2.18. The van der Waals surface area contributed by atoms with E-state index in [0.717, 1.165) is 5.69 Å². The molecule has 1 N–H and O–H groups in total. The van der Waals surface area contributed by atoms with E-state index in [4.69, 9.17) is 14.2 Å². The number of aromatic nitrogens is 2. The molecule has 1 aromatic heterocycles. The average molecular weight is 345 g/mol. The fourth-order valence-corrected chi connectivity index (χ4v) is 2.51. The molecule has 0 bridgehead atoms. The molecular formula is C17H19N3O5. The molecule has 0 spiro atoms. The number of nitrogens with one attached hydrogen (secondary N) is 1. The Kier molecular flexibility index (Phi) is 4.60. The molecule has 132 valence electrons. The second-order valence-electron chi connectivity index (χ2n) is 5.65. The van der Waals surface area contributed by atoms with E-state index in [0.29, 0.717) is 41.7 Å². The van der Waals surface area contributed by atoms with Crippen LogP contribution in [0.3, 0.4) is 0 Å². The summed E-state index contributed by atoms with van der Waals surface area (Å²) in [5.74, 6) is 0.0479. The third kappa shape index (κ3) is 3.57. The van der Waals surface area contributed by atoms with E-state index in [1.54, 1.807) is 36.9 Å². The Bertz CT molecular complexity index is 828. The summed E-state index contributed by atoms with van der Waals surface area (Å²) < 4.78 is 17.6. The number of rotatable bonds is 4. The molecule has 0 aliphatic carbocycles. The molecule has 1 aromatic carbocycles. The standard InChI is InChI=1S/C17H19N3O5/c1-10-16(11(2)20(3)19-10)18-15(21)9-25-17(22)12-4-5-13-14(8-12)24-7-6-23-13/h4-5,8H,6-7,9H2,1-3H3,(H,18,21). The highest BCUT2D eigenvalue weighted by atomic mass is 16.6. The van der Waals surface area contributed by atoms with Crippen molar-refractivity contribution in [2.75, 3.05) is 25.1 Å². The zero-order valence-electron chi connectivity index (χ0n) is 14.3. The maximum Gasteiger partial charge on any atom is 0.338 e. The van der Waals surface area contributed by atoms with Crippen LogP contribution in [0.5, 0.6) is 11.5 Å². The van der Waals surface area contributed by atoms with Crippen LogP contribution < -0.4 is 14.8 Å². The maximum absolute atomic E-state index is 12.1. The van der Waals surface area contributed by atoms with Gasteiger partial charge in [-0.05, 0) is 32.0 Å². The fourth-order valence-electron chi connectivity index (χ4n) is 2.51. The number of aryl methyl sites for hydroxylation is 2. The Morgan fingerprint density at radius 1 is 1.24 bits per heavy atom. The Morgan fingerprint density at radius 3 is 2.64 bits per heavy atom. The van der Waals surface area contributed by atoms with Crippen LogP contribution >= 0.6 is 0 Å². The van der Waals surface area contributed by atoms with Crippen LogP contribution in [-0.4, -0.2) is 41.5 Å². The van der Waals surface area contributed by atoms with Crippen molar-refractivity contribution >= 4 is 17.6 Å². The molecule has 1 aliphatic heterocycles. The number of nitrogens with zero attached hydrogens (tertiary/aromatic N) is 2. The van der Waals surface area contributed by atoms with Crippen molar-refractivity contribution < 1.29 is 23.8 Å². The maximum atomic E-state index is 12.1. The lowest BCUT2D eigenvalue weighted by molar-refractivity contribution is -0.119. The van der Waals surface area contributed by atoms with Gasteiger partial charge in [0.1, 0.15) is 13.2 Å². The molecule has 1 aliphatic rings. The van der Waals surface area contributed by atoms with Crippen molar-refractivity contribution in [3.05, 3.63) is 35.2 Å². The van der Waals surface area contributed by atoms with Gasteiger partial charge in [-0.15, -0.1) is 0 Å². The molecular weight excluding hydrogens is 326 g/mol. The third-order valence-corrected chi connectivity index (χ3v) is 3.89. The minimum Gasteiger partial charge on any atom is -0.486 e. The molecule has 8 nitrogen and oxygen atoms in total. The quantitative estimate of drug-likeness (QED) is 0.847. The second-order valence-corrected chi connectivity index (χ2v) is 5.65. The number of carbonyl (C=O) groups is 2. The number of anilines is 1. The van der Waals surface area contributed by atoms with Crippen molar-refractivity contribution in [2.45, 2.75) is 13.8 Å². The fraction of sp³-hybridized carbons (Fsp3) is 0.353. The minimum absolute atomic E-state index is 0.297. The zero-order chi connectivity index (χ0) is 18.0. The number of amides is 1. The first-order chi connectivity index (χ1) is 12.0. The monoisotopic (exact) mass is 345 g/mol. The van der Waals surface area contributed by atoms with Crippen molar-refractivity contribution in [1.29, 1.82) is 0 Å². The van der Waals surface area contributed by atoms with Crippen LogP contribution in [0.1, 0.15) is 21.7 Å². The summed E-state index contributed by atoms with van der Waals surface area (Å²) in [6.45, 7) is 4.16. The van der Waals surface area contributed by atoms with Gasteiger partial charge in [0.2, 0.25) is 0 Å². The van der Waals surface area contributed by atoms with Gasteiger partial charge in [-0.3, -0.25) is 9.48 Å². The molecule has 0 saturated heterocycles. The van der Waals surface area contributed by atoms with Gasteiger partial charge >= 0.3 is 5.97 Å². The lowest BCUT2D eigenvalue weighted by Crippen LogP contribution is -2.22. The zero-order valence-corrected chi connectivity index (χ0v) is 14.3. The van der Waals surface area contributed by atoms with E-state index < -0.39 is 11.9 Å². The van der Waals surface area contributed by atoms with Crippen LogP contribution in [0, 0.1) is 13.8 Å². The normalized spacial score (nSPS) is 12.6. The van der Waals surface area contributed by atoms with E-state index in [2.05, 4.69) is 10.4 Å². The van der Waals surface area contributed by atoms with Crippen molar-refractivity contribution in [2.24, 2.45) is 7.05 Å². The molecule has 3 rings (SSSR count). The second kappa shape index (κ2) is 6.84. The predicted octanol–water partition coefficient (Wildman–Crippen LogP) is 1.60. The Balaban J connectivity index is 1.59. The summed E-state index contributed by atoms with van der Waals surface area (Å²) in [6, 6.07) is 4.76. The van der Waals surface area contributed by atoms with Crippen LogP contribution in [0.4, 0.5) is 5.69 Å². The number of carbonyl (C=O) groups excluding carboxylic acids is 2. The highest BCUT2D eigenvalue weighted by Gasteiger charge is 2.18. The van der Waals surface area contributed by atoms with Gasteiger partial charge in [0, 0.05) is 7.05 Å². The molecule has 1 amide bonds. The molecule has 8 heteroatoms. The van der Waals surface area contributed by atoms with E-state index >= 15 is 0 Å². The summed E-state index contributed by atoms with van der Waals surface area (Å²) in [5, 5.41) is 6.93. The molecule has 0 radical (unpaired) electrons. The number of hydrogen-bond donors (Lipinski definition) is 1. The molecule has 25 heavy (non-hydrogen) atoms. The Labute approximate surface area is 144 Å². The summed E-state index contributed by atoms with van der Waals surface area (Å²) in [5.41, 5.74) is 2.45. The molecule has 0 fully saturated rings. The Hall–Kier alpha value is -3.03.